The Morgan fingerprint density at radius 2 is 1.40 bits per heavy atom. The summed E-state index contributed by atoms with van der Waals surface area (Å²) in [4.78, 5) is 11.7. The van der Waals surface area contributed by atoms with Crippen LogP contribution in [0, 0.1) is 0 Å². The minimum atomic E-state index is -4.98. The first-order valence-corrected chi connectivity index (χ1v) is 6.83. The number of carbonyl (C=O) groups is 1. The van der Waals surface area contributed by atoms with Gasteiger partial charge in [0.25, 0.3) is 5.91 Å². The maximum absolute atomic E-state index is 12.7. The highest BCUT2D eigenvalue weighted by molar-refractivity contribution is 5.91. The number of benzene rings is 2. The summed E-state index contributed by atoms with van der Waals surface area (Å²) in [5.41, 5.74) is -2.61. The summed E-state index contributed by atoms with van der Waals surface area (Å²) in [6, 6.07) is 8.89. The van der Waals surface area contributed by atoms with Gasteiger partial charge in [-0.1, -0.05) is 18.2 Å². The molecule has 2 rings (SSSR count). The number of anilines is 1. The number of rotatable bonds is 4. The van der Waals surface area contributed by atoms with E-state index in [0.717, 1.165) is 0 Å². The summed E-state index contributed by atoms with van der Waals surface area (Å²) < 4.78 is 81.1. The van der Waals surface area contributed by atoms with Crippen LogP contribution in [0.3, 0.4) is 0 Å². The third-order valence-electron chi connectivity index (χ3n) is 2.99. The second kappa shape index (κ2) is 7.04. The Morgan fingerprint density at radius 1 is 0.880 bits per heavy atom. The molecular weight excluding hydrogens is 352 g/mol. The zero-order chi connectivity index (χ0) is 18.7. The highest BCUT2D eigenvalue weighted by Gasteiger charge is 2.37. The molecule has 0 radical (unpaired) electrons. The van der Waals surface area contributed by atoms with Crippen LogP contribution in [0.2, 0.25) is 0 Å². The molecule has 0 spiro atoms. The summed E-state index contributed by atoms with van der Waals surface area (Å²) >= 11 is 0. The molecule has 0 aliphatic rings. The van der Waals surface area contributed by atoms with Crippen molar-refractivity contribution in [1.29, 1.82) is 0 Å². The van der Waals surface area contributed by atoms with Gasteiger partial charge in [0.15, 0.2) is 6.61 Å². The van der Waals surface area contributed by atoms with Gasteiger partial charge in [-0.05, 0) is 30.3 Å². The number of hydrogen-bond acceptors (Lipinski definition) is 2. The Bertz CT molecular complexity index is 708. The fourth-order valence-corrected chi connectivity index (χ4v) is 1.88. The molecule has 0 aliphatic heterocycles. The largest absolute Gasteiger partial charge is 0.484 e. The van der Waals surface area contributed by atoms with E-state index in [1.54, 1.807) is 30.3 Å². The zero-order valence-electron chi connectivity index (χ0n) is 12.4. The van der Waals surface area contributed by atoms with Crippen LogP contribution in [0.25, 0.3) is 0 Å². The second-order valence-electron chi connectivity index (χ2n) is 4.94. The summed E-state index contributed by atoms with van der Waals surface area (Å²) in [7, 11) is 0. The number of hydrogen-bond donors (Lipinski definition) is 1. The molecule has 0 bridgehead atoms. The van der Waals surface area contributed by atoms with E-state index in [9.17, 15) is 31.1 Å². The maximum Gasteiger partial charge on any atom is 0.416 e. The molecule has 9 heteroatoms. The average Bonchev–Trinajstić information content (AvgIpc) is 2.52. The van der Waals surface area contributed by atoms with Crippen molar-refractivity contribution < 1.29 is 35.9 Å². The van der Waals surface area contributed by atoms with Crippen molar-refractivity contribution in [3.05, 3.63) is 59.7 Å². The van der Waals surface area contributed by atoms with E-state index in [2.05, 4.69) is 5.32 Å². The first kappa shape index (κ1) is 18.6. The van der Waals surface area contributed by atoms with Crippen LogP contribution in [-0.4, -0.2) is 12.5 Å². The normalized spacial score (nSPS) is 11.9. The van der Waals surface area contributed by atoms with Crippen LogP contribution in [0.5, 0.6) is 5.75 Å². The van der Waals surface area contributed by atoms with Gasteiger partial charge >= 0.3 is 12.4 Å². The average molecular weight is 363 g/mol. The monoisotopic (exact) mass is 363 g/mol. The number of nitrogens with one attached hydrogen (secondary N) is 1. The fourth-order valence-electron chi connectivity index (χ4n) is 1.88. The van der Waals surface area contributed by atoms with E-state index in [4.69, 9.17) is 4.74 Å². The molecule has 134 valence electrons. The van der Waals surface area contributed by atoms with Crippen LogP contribution in [-0.2, 0) is 17.1 Å². The van der Waals surface area contributed by atoms with E-state index in [1.807, 2.05) is 0 Å². The molecule has 0 aromatic heterocycles. The van der Waals surface area contributed by atoms with Crippen molar-refractivity contribution in [1.82, 2.24) is 0 Å². The Balaban J connectivity index is 2.14. The lowest BCUT2D eigenvalue weighted by Crippen LogP contribution is -2.20. The van der Waals surface area contributed by atoms with Crippen LogP contribution in [0.1, 0.15) is 11.1 Å². The lowest BCUT2D eigenvalue weighted by Gasteiger charge is -2.14. The summed E-state index contributed by atoms with van der Waals surface area (Å²) in [6.07, 6.45) is -9.96. The standard InChI is InChI=1S/C16H11F6NO2/c17-15(18,19)10-6-11(16(20,21)22)8-13(7-10)25-9-14(24)23-12-4-2-1-3-5-12/h1-8H,9H2,(H,23,24). The Hall–Kier alpha value is -2.71. The number of amides is 1. The van der Waals surface area contributed by atoms with Crippen LogP contribution in [0.15, 0.2) is 48.5 Å². The molecule has 0 heterocycles. The Morgan fingerprint density at radius 3 is 1.88 bits per heavy atom. The predicted octanol–water partition coefficient (Wildman–Crippen LogP) is 4.74. The molecule has 2 aromatic rings. The first-order valence-electron chi connectivity index (χ1n) is 6.83. The lowest BCUT2D eigenvalue weighted by atomic mass is 10.1. The van der Waals surface area contributed by atoms with Crippen LogP contribution in [0.4, 0.5) is 32.0 Å². The Labute approximate surface area is 138 Å². The molecular formula is C16H11F6NO2. The highest BCUT2D eigenvalue weighted by atomic mass is 19.4. The fraction of sp³-hybridized carbons (Fsp3) is 0.188. The minimum absolute atomic E-state index is 0.0170. The summed E-state index contributed by atoms with van der Waals surface area (Å²) in [5, 5.41) is 2.39. The molecule has 3 nitrogen and oxygen atoms in total. The number of carbonyl (C=O) groups excluding carboxylic acids is 1. The van der Waals surface area contributed by atoms with E-state index >= 15 is 0 Å². The highest BCUT2D eigenvalue weighted by Crippen LogP contribution is 2.38. The number of para-hydroxylation sites is 1. The van der Waals surface area contributed by atoms with Crippen molar-refractivity contribution in [2.45, 2.75) is 12.4 Å². The molecule has 2 aromatic carbocycles. The van der Waals surface area contributed by atoms with Gasteiger partial charge in [0, 0.05) is 5.69 Å². The van der Waals surface area contributed by atoms with Crippen molar-refractivity contribution >= 4 is 11.6 Å². The molecule has 25 heavy (non-hydrogen) atoms. The topological polar surface area (TPSA) is 38.3 Å². The van der Waals surface area contributed by atoms with Crippen LogP contribution < -0.4 is 10.1 Å². The van der Waals surface area contributed by atoms with Gasteiger partial charge in [-0.25, -0.2) is 0 Å². The lowest BCUT2D eigenvalue weighted by molar-refractivity contribution is -0.143. The van der Waals surface area contributed by atoms with Crippen molar-refractivity contribution in [3.8, 4) is 5.75 Å². The van der Waals surface area contributed by atoms with Gasteiger partial charge in [0.05, 0.1) is 11.1 Å². The first-order chi connectivity index (χ1) is 11.6. The number of ether oxygens (including phenoxy) is 1. The van der Waals surface area contributed by atoms with Crippen LogP contribution >= 0.6 is 0 Å². The third-order valence-corrected chi connectivity index (χ3v) is 2.99. The van der Waals surface area contributed by atoms with Crippen molar-refractivity contribution in [2.24, 2.45) is 0 Å². The molecule has 0 saturated heterocycles. The van der Waals surface area contributed by atoms with E-state index in [-0.39, 0.29) is 6.07 Å². The zero-order valence-corrected chi connectivity index (χ0v) is 12.4. The molecule has 0 aliphatic carbocycles. The Kier molecular flexibility index (Phi) is 5.24. The molecule has 0 unspecified atom stereocenters. The molecule has 0 atom stereocenters. The van der Waals surface area contributed by atoms with E-state index < -0.39 is 41.7 Å². The number of alkyl halides is 6. The second-order valence-corrected chi connectivity index (χ2v) is 4.94. The SMILES string of the molecule is O=C(COc1cc(C(F)(F)F)cc(C(F)(F)F)c1)Nc1ccccc1. The summed E-state index contributed by atoms with van der Waals surface area (Å²) in [6.45, 7) is -0.743. The predicted molar refractivity (Wildman–Crippen MR) is 77.0 cm³/mol. The van der Waals surface area contributed by atoms with Gasteiger partial charge < -0.3 is 10.1 Å². The smallest absolute Gasteiger partial charge is 0.416 e. The van der Waals surface area contributed by atoms with Crippen molar-refractivity contribution in [3.63, 3.8) is 0 Å². The minimum Gasteiger partial charge on any atom is -0.484 e. The van der Waals surface area contributed by atoms with Crippen molar-refractivity contribution in [2.75, 3.05) is 11.9 Å². The molecule has 0 saturated carbocycles. The van der Waals surface area contributed by atoms with Gasteiger partial charge in [0.1, 0.15) is 5.75 Å². The maximum atomic E-state index is 12.7. The summed E-state index contributed by atoms with van der Waals surface area (Å²) in [5.74, 6) is -1.43. The number of halogens is 6. The third kappa shape index (κ3) is 5.40. The molecule has 0 fully saturated rings. The van der Waals surface area contributed by atoms with Gasteiger partial charge in [0.2, 0.25) is 0 Å². The van der Waals surface area contributed by atoms with Gasteiger partial charge in [-0.2, -0.15) is 26.3 Å². The van der Waals surface area contributed by atoms with Gasteiger partial charge in [-0.15, -0.1) is 0 Å². The molecule has 1 N–H and O–H groups in total. The van der Waals surface area contributed by atoms with Gasteiger partial charge in [-0.3, -0.25) is 4.79 Å². The molecule has 1 amide bonds. The quantitative estimate of drug-likeness (QED) is 0.797. The van der Waals surface area contributed by atoms with E-state index in [0.29, 0.717) is 17.8 Å². The van der Waals surface area contributed by atoms with E-state index in [1.165, 1.54) is 0 Å².